The van der Waals surface area contributed by atoms with Gasteiger partial charge in [0.2, 0.25) is 29.5 Å². The molecule has 8 atom stereocenters. The zero-order valence-electron chi connectivity index (χ0n) is 46.9. The first-order chi connectivity index (χ1) is 38.3. The highest BCUT2D eigenvalue weighted by molar-refractivity contribution is 5.91. The molecule has 6 N–H and O–H groups in total. The van der Waals surface area contributed by atoms with Crippen LogP contribution in [0.3, 0.4) is 0 Å². The van der Waals surface area contributed by atoms with Gasteiger partial charge in [0.05, 0.1) is 37.9 Å². The smallest absolute Gasteiger partial charge is 0.471 e. The number of nitrogens with one attached hydrogen (secondary N) is 4. The molecule has 6 amide bonds. The summed E-state index contributed by atoms with van der Waals surface area (Å²) in [7, 11) is 4.84. The van der Waals surface area contributed by atoms with Gasteiger partial charge >= 0.3 is 12.1 Å². The number of likely N-dealkylation sites (tertiary alicyclic amines) is 2. The van der Waals surface area contributed by atoms with Crippen molar-refractivity contribution in [1.82, 2.24) is 40.9 Å². The van der Waals surface area contributed by atoms with Crippen LogP contribution in [-0.4, -0.2) is 170 Å². The van der Waals surface area contributed by atoms with Crippen LogP contribution in [0, 0.1) is 0 Å². The molecule has 4 aromatic rings. The number of nitrogens with zero attached hydrogens (tertiary/aromatic N) is 4. The number of hydrogen-bond donors (Lipinski definition) is 5. The lowest BCUT2D eigenvalue weighted by Crippen LogP contribution is -2.59. The van der Waals surface area contributed by atoms with Gasteiger partial charge in [-0.05, 0) is 120 Å². The quantitative estimate of drug-likeness (QED) is 0.0532. The highest BCUT2D eigenvalue weighted by Crippen LogP contribution is 2.26. The van der Waals surface area contributed by atoms with Gasteiger partial charge in [-0.25, -0.2) is 0 Å². The number of amides is 6. The van der Waals surface area contributed by atoms with Crippen molar-refractivity contribution in [2.75, 3.05) is 60.5 Å². The number of carbonyl (C=O) groups excluding carboxylic acids is 6. The van der Waals surface area contributed by atoms with Crippen molar-refractivity contribution < 1.29 is 51.4 Å². The van der Waals surface area contributed by atoms with Crippen LogP contribution in [0.4, 0.5) is 13.2 Å². The molecule has 0 bridgehead atoms. The van der Waals surface area contributed by atoms with Crippen LogP contribution in [0.5, 0.6) is 5.75 Å². The molecule has 434 valence electrons. The predicted molar refractivity (Wildman–Crippen MR) is 299 cm³/mol. The average Bonchev–Trinajstić information content (AvgIpc) is 4.19. The van der Waals surface area contributed by atoms with Gasteiger partial charge in [-0.3, -0.25) is 28.8 Å². The van der Waals surface area contributed by atoms with E-state index < -0.39 is 72.2 Å². The van der Waals surface area contributed by atoms with Gasteiger partial charge in [0.25, 0.3) is 0 Å². The molecule has 0 unspecified atom stereocenters. The van der Waals surface area contributed by atoms with Crippen molar-refractivity contribution in [2.24, 2.45) is 5.73 Å². The molecular formula is C60H80F3N9O8. The summed E-state index contributed by atoms with van der Waals surface area (Å²) in [6.07, 6.45) is -2.62. The number of carbonyl (C=O) groups is 6. The number of nitrogens with two attached hydrogens (primary N) is 1. The maximum atomic E-state index is 14.8. The number of benzene rings is 4. The topological polar surface area (TPSA) is 208 Å². The average molecular weight is 1110 g/mol. The highest BCUT2D eigenvalue weighted by Gasteiger charge is 2.45. The first-order valence-electron chi connectivity index (χ1n) is 27.7. The largest absolute Gasteiger partial charge is 0.497 e. The van der Waals surface area contributed by atoms with Crippen LogP contribution in [0.1, 0.15) is 74.3 Å². The van der Waals surface area contributed by atoms with Gasteiger partial charge in [0.1, 0.15) is 17.8 Å². The molecule has 0 aliphatic carbocycles. The number of methoxy groups -OCH3 is 1. The van der Waals surface area contributed by atoms with E-state index in [0.29, 0.717) is 68.5 Å². The normalized spacial score (nSPS) is 17.6. The highest BCUT2D eigenvalue weighted by atomic mass is 19.4. The Morgan fingerprint density at radius 1 is 0.637 bits per heavy atom. The van der Waals surface area contributed by atoms with Crippen molar-refractivity contribution in [1.29, 1.82) is 0 Å². The second-order valence-electron chi connectivity index (χ2n) is 20.9. The number of halogens is 3. The van der Waals surface area contributed by atoms with E-state index in [2.05, 4.69) is 21.3 Å². The Morgan fingerprint density at radius 3 is 1.64 bits per heavy atom. The summed E-state index contributed by atoms with van der Waals surface area (Å²) in [5.41, 5.74) is 10.7. The second kappa shape index (κ2) is 30.1. The van der Waals surface area contributed by atoms with Crippen LogP contribution in [-0.2, 0) is 65.8 Å². The van der Waals surface area contributed by atoms with Crippen molar-refractivity contribution >= 4 is 35.4 Å². The minimum absolute atomic E-state index is 0.0333. The molecule has 17 nitrogen and oxygen atoms in total. The molecule has 6 rings (SSSR count). The van der Waals surface area contributed by atoms with Gasteiger partial charge in [-0.1, -0.05) is 97.1 Å². The minimum Gasteiger partial charge on any atom is -0.497 e. The second-order valence-corrected chi connectivity index (χ2v) is 20.9. The van der Waals surface area contributed by atoms with Gasteiger partial charge in [-0.15, -0.1) is 0 Å². The third-order valence-electron chi connectivity index (χ3n) is 15.3. The van der Waals surface area contributed by atoms with Crippen LogP contribution in [0.2, 0.25) is 0 Å². The zero-order valence-corrected chi connectivity index (χ0v) is 46.9. The summed E-state index contributed by atoms with van der Waals surface area (Å²) < 4.78 is 53.5. The van der Waals surface area contributed by atoms with E-state index in [4.69, 9.17) is 15.2 Å². The van der Waals surface area contributed by atoms with Gasteiger partial charge in [0, 0.05) is 57.8 Å². The Hall–Kier alpha value is -6.87. The number of rotatable bonds is 28. The summed E-state index contributed by atoms with van der Waals surface area (Å²) in [4.78, 5) is 88.9. The fourth-order valence-electron chi connectivity index (χ4n) is 10.2. The zero-order chi connectivity index (χ0) is 57.9. The van der Waals surface area contributed by atoms with E-state index in [1.54, 1.807) is 106 Å². The van der Waals surface area contributed by atoms with Crippen LogP contribution >= 0.6 is 0 Å². The third-order valence-corrected chi connectivity index (χ3v) is 15.3. The Labute approximate surface area is 468 Å². The molecule has 2 saturated heterocycles. The molecule has 2 heterocycles. The Kier molecular flexibility index (Phi) is 23.4. The Balaban J connectivity index is 1.14. The van der Waals surface area contributed by atoms with E-state index in [-0.39, 0.29) is 63.5 Å². The van der Waals surface area contributed by atoms with Crippen molar-refractivity contribution in [3.8, 4) is 5.75 Å². The first kappa shape index (κ1) is 62.3. The summed E-state index contributed by atoms with van der Waals surface area (Å²) in [5, 5.41) is 11.6. The lowest BCUT2D eigenvalue weighted by atomic mass is 10.0. The minimum atomic E-state index is -5.11. The molecule has 80 heavy (non-hydrogen) atoms. The summed E-state index contributed by atoms with van der Waals surface area (Å²) in [6.45, 7) is 5.82. The van der Waals surface area contributed by atoms with E-state index in [1.807, 2.05) is 54.6 Å². The molecule has 2 aliphatic rings. The van der Waals surface area contributed by atoms with Gasteiger partial charge in [0.15, 0.2) is 0 Å². The fourth-order valence-corrected chi connectivity index (χ4v) is 10.2. The first-order valence-corrected chi connectivity index (χ1v) is 27.7. The van der Waals surface area contributed by atoms with E-state index in [1.165, 1.54) is 4.90 Å². The maximum absolute atomic E-state index is 14.8. The Bertz CT molecular complexity index is 2630. The van der Waals surface area contributed by atoms with Crippen LogP contribution < -0.4 is 31.7 Å². The lowest BCUT2D eigenvalue weighted by Gasteiger charge is -2.35. The van der Waals surface area contributed by atoms with E-state index in [9.17, 15) is 41.9 Å². The SMILES string of the molecule is CN[C@@H](C)C(=O)N[C@@H](Cc1ccc(CO[C@H](C)[C@H](NC(=O)[C@H](C)NC)C(=O)N2CCC[C@H]2CN(CCc2ccccc2)C(=O)[C@H](N)Cc2ccc(OC)cc2)cc1)C(=O)N1CCC[C@H]1CN(CCc1ccccc1)C(=O)C(F)(F)F. The molecule has 0 radical (unpaired) electrons. The number of alkyl halides is 3. The summed E-state index contributed by atoms with van der Waals surface area (Å²) >= 11 is 0. The van der Waals surface area contributed by atoms with Crippen molar-refractivity contribution in [3.05, 3.63) is 137 Å². The molecule has 0 saturated carbocycles. The summed E-state index contributed by atoms with van der Waals surface area (Å²) in [6, 6.07) is 27.9. The maximum Gasteiger partial charge on any atom is 0.471 e. The molecule has 2 aliphatic heterocycles. The van der Waals surface area contributed by atoms with Gasteiger partial charge in [-0.2, -0.15) is 13.2 Å². The molecule has 20 heteroatoms. The monoisotopic (exact) mass is 1110 g/mol. The standard InChI is InChI=1S/C60H80F3N9O8/c1-40(65-4)54(73)67-52(57(76)71-31-13-20-49(71)38-70(59(78)60(61,62)63)34-30-44-17-11-8-12-18-44)36-46-21-23-47(24-22-46)39-80-42(3)53(68-55(74)41(2)66-5)58(77)72-32-14-19-48(72)37-69(33-29-43-15-9-7-10-16-43)56(75)51(64)35-45-25-27-50(79-6)28-26-45/h7-12,15-18,21-28,40-42,48-49,51-53,65-66H,13-14,19-20,29-39,64H2,1-6H3,(H,67,73)(H,68,74)/t40-,41-,42+,48-,49-,51+,52-,53-/m0/s1. The van der Waals surface area contributed by atoms with Gasteiger partial charge < -0.3 is 56.1 Å². The van der Waals surface area contributed by atoms with Crippen molar-refractivity contribution in [2.45, 2.75) is 133 Å². The molecule has 2 fully saturated rings. The van der Waals surface area contributed by atoms with Crippen molar-refractivity contribution in [3.63, 3.8) is 0 Å². The summed E-state index contributed by atoms with van der Waals surface area (Å²) in [5.74, 6) is -3.18. The van der Waals surface area contributed by atoms with Crippen LogP contribution in [0.15, 0.2) is 109 Å². The van der Waals surface area contributed by atoms with Crippen LogP contribution in [0.25, 0.3) is 0 Å². The lowest BCUT2D eigenvalue weighted by molar-refractivity contribution is -0.186. The fraction of sp³-hybridized carbons (Fsp3) is 0.500. The number of ether oxygens (including phenoxy) is 2. The molecule has 0 aromatic heterocycles. The molecule has 0 spiro atoms. The van der Waals surface area contributed by atoms with E-state index in [0.717, 1.165) is 21.6 Å². The van der Waals surface area contributed by atoms with E-state index >= 15 is 0 Å². The number of likely N-dealkylation sites (N-methyl/N-ethyl adjacent to an activating group) is 2. The molecule has 4 aromatic carbocycles. The molecular weight excluding hydrogens is 1030 g/mol. The Morgan fingerprint density at radius 2 is 1.11 bits per heavy atom. The third kappa shape index (κ3) is 17.8. The number of hydrogen-bond acceptors (Lipinski definition) is 11. The predicted octanol–water partition coefficient (Wildman–Crippen LogP) is 4.59.